The molecule has 1 rings (SSSR count). The third kappa shape index (κ3) is 4.30. The smallest absolute Gasteiger partial charge is 0.294 e. The van der Waals surface area contributed by atoms with Gasteiger partial charge in [0.05, 0.1) is 9.95 Å². The van der Waals surface area contributed by atoms with E-state index in [9.17, 15) is 14.9 Å². The lowest BCUT2D eigenvalue weighted by Crippen LogP contribution is -2.28. The summed E-state index contributed by atoms with van der Waals surface area (Å²) in [4.78, 5) is 24.2. The molecule has 0 radical (unpaired) electrons. The summed E-state index contributed by atoms with van der Waals surface area (Å²) in [6.07, 6.45) is 0.684. The fourth-order valence-electron chi connectivity index (χ4n) is 1.88. The average molecular weight is 316 g/mol. The van der Waals surface area contributed by atoms with Crippen molar-refractivity contribution in [1.82, 2.24) is 4.90 Å². The number of carbonyl (C=O) groups is 1. The van der Waals surface area contributed by atoms with Crippen molar-refractivity contribution in [3.63, 3.8) is 0 Å². The van der Waals surface area contributed by atoms with Crippen LogP contribution in [0.5, 0.6) is 0 Å². The van der Waals surface area contributed by atoms with E-state index in [1.54, 1.807) is 14.2 Å². The summed E-state index contributed by atoms with van der Waals surface area (Å²) in [5, 5.41) is 13.9. The minimum Gasteiger partial charge on any atom is -0.385 e. The molecule has 0 saturated carbocycles. The normalized spacial score (nSPS) is 10.3. The molecule has 1 aromatic carbocycles. The van der Waals surface area contributed by atoms with Gasteiger partial charge in [-0.2, -0.15) is 0 Å². The van der Waals surface area contributed by atoms with Gasteiger partial charge < -0.3 is 15.0 Å². The summed E-state index contributed by atoms with van der Waals surface area (Å²) in [5.74, 6) is -0.321. The highest BCUT2D eigenvalue weighted by Gasteiger charge is 2.22. The predicted octanol–water partition coefficient (Wildman–Crippen LogP) is 2.40. The fraction of sp³-hybridized carbons (Fsp3) is 0.462. The monoisotopic (exact) mass is 315 g/mol. The summed E-state index contributed by atoms with van der Waals surface area (Å²) < 4.78 is 4.92. The van der Waals surface area contributed by atoms with Crippen LogP contribution >= 0.6 is 11.6 Å². The van der Waals surface area contributed by atoms with Crippen LogP contribution in [-0.2, 0) is 4.74 Å². The Morgan fingerprint density at radius 3 is 2.71 bits per heavy atom. The Bertz CT molecular complexity index is 536. The molecule has 0 fully saturated rings. The van der Waals surface area contributed by atoms with E-state index in [-0.39, 0.29) is 27.9 Å². The van der Waals surface area contributed by atoms with Crippen molar-refractivity contribution >= 4 is 28.9 Å². The molecular weight excluding hydrogens is 298 g/mol. The molecule has 0 saturated heterocycles. The third-order valence-electron chi connectivity index (χ3n) is 2.95. The van der Waals surface area contributed by atoms with Gasteiger partial charge in [-0.1, -0.05) is 11.6 Å². The quantitative estimate of drug-likeness (QED) is 0.474. The predicted molar refractivity (Wildman–Crippen MR) is 81.1 cm³/mol. The number of nitrogens with one attached hydrogen (secondary N) is 1. The Morgan fingerprint density at radius 1 is 1.52 bits per heavy atom. The zero-order chi connectivity index (χ0) is 16.0. The zero-order valence-corrected chi connectivity index (χ0v) is 12.9. The highest BCUT2D eigenvalue weighted by molar-refractivity contribution is 6.34. The molecule has 1 aromatic rings. The van der Waals surface area contributed by atoms with Gasteiger partial charge >= 0.3 is 0 Å². The first-order chi connectivity index (χ1) is 9.92. The topological polar surface area (TPSA) is 84.7 Å². The number of nitrogens with zero attached hydrogens (tertiary/aromatic N) is 2. The number of benzene rings is 1. The Kier molecular flexibility index (Phi) is 6.39. The van der Waals surface area contributed by atoms with Crippen LogP contribution in [0, 0.1) is 10.1 Å². The fourth-order valence-corrected chi connectivity index (χ4v) is 2.18. The SMILES string of the molecule is CNc1c(Cl)cc(C(=O)N(C)CCCOC)cc1[N+](=O)[O-]. The summed E-state index contributed by atoms with van der Waals surface area (Å²) in [5.41, 5.74) is 0.157. The molecule has 0 atom stereocenters. The number of halogens is 1. The molecule has 1 amide bonds. The first-order valence-electron chi connectivity index (χ1n) is 6.32. The lowest BCUT2D eigenvalue weighted by molar-refractivity contribution is -0.384. The summed E-state index contributed by atoms with van der Waals surface area (Å²) in [7, 11) is 4.75. The Balaban J connectivity index is 3.02. The number of amides is 1. The van der Waals surface area contributed by atoms with Crippen LogP contribution in [0.15, 0.2) is 12.1 Å². The second-order valence-corrected chi connectivity index (χ2v) is 4.84. The van der Waals surface area contributed by atoms with Gasteiger partial charge in [0.1, 0.15) is 5.69 Å². The van der Waals surface area contributed by atoms with E-state index < -0.39 is 4.92 Å². The van der Waals surface area contributed by atoms with E-state index in [2.05, 4.69) is 5.32 Å². The first-order valence-corrected chi connectivity index (χ1v) is 6.70. The van der Waals surface area contributed by atoms with Crippen molar-refractivity contribution in [2.75, 3.05) is 39.7 Å². The molecule has 116 valence electrons. The van der Waals surface area contributed by atoms with Gasteiger partial charge in [-0.05, 0) is 12.5 Å². The second kappa shape index (κ2) is 7.80. The largest absolute Gasteiger partial charge is 0.385 e. The van der Waals surface area contributed by atoms with Crippen LogP contribution in [0.4, 0.5) is 11.4 Å². The maximum absolute atomic E-state index is 12.2. The number of methoxy groups -OCH3 is 1. The number of nitro groups is 1. The maximum atomic E-state index is 12.2. The van der Waals surface area contributed by atoms with Crippen LogP contribution in [0.3, 0.4) is 0 Å². The van der Waals surface area contributed by atoms with Crippen LogP contribution in [-0.4, -0.2) is 50.1 Å². The van der Waals surface area contributed by atoms with Crippen molar-refractivity contribution in [3.8, 4) is 0 Å². The number of hydrogen-bond donors (Lipinski definition) is 1. The first kappa shape index (κ1) is 17.2. The van der Waals surface area contributed by atoms with Gasteiger partial charge in [0.2, 0.25) is 0 Å². The minimum absolute atomic E-state index is 0.139. The Labute approximate surface area is 128 Å². The summed E-state index contributed by atoms with van der Waals surface area (Å²) in [6.45, 7) is 1.03. The number of nitro benzene ring substituents is 1. The molecule has 0 unspecified atom stereocenters. The molecule has 0 bridgehead atoms. The molecule has 7 nitrogen and oxygen atoms in total. The standard InChI is InChI=1S/C13H18ClN3O4/c1-15-12-10(14)7-9(8-11(12)17(19)20)13(18)16(2)5-4-6-21-3/h7-8,15H,4-6H2,1-3H3. The van der Waals surface area contributed by atoms with Crippen LogP contribution in [0.2, 0.25) is 5.02 Å². The molecule has 0 aliphatic rings. The van der Waals surface area contributed by atoms with Crippen LogP contribution in [0.25, 0.3) is 0 Å². The average Bonchev–Trinajstić information content (AvgIpc) is 2.45. The van der Waals surface area contributed by atoms with Crippen LogP contribution in [0.1, 0.15) is 16.8 Å². The number of hydrogen-bond acceptors (Lipinski definition) is 5. The van der Waals surface area contributed by atoms with E-state index in [0.717, 1.165) is 0 Å². The van der Waals surface area contributed by atoms with Gasteiger partial charge in [-0.15, -0.1) is 0 Å². The van der Waals surface area contributed by atoms with Gasteiger partial charge in [-0.25, -0.2) is 0 Å². The van der Waals surface area contributed by atoms with Gasteiger partial charge in [-0.3, -0.25) is 14.9 Å². The van der Waals surface area contributed by atoms with Crippen molar-refractivity contribution in [2.45, 2.75) is 6.42 Å². The van der Waals surface area contributed by atoms with Gasteiger partial charge in [0.15, 0.2) is 0 Å². The van der Waals surface area contributed by atoms with Gasteiger partial charge in [0, 0.05) is 46.0 Å². The van der Waals surface area contributed by atoms with Crippen molar-refractivity contribution < 1.29 is 14.5 Å². The van der Waals surface area contributed by atoms with Crippen molar-refractivity contribution in [2.24, 2.45) is 0 Å². The molecule has 0 aliphatic heterocycles. The molecule has 0 spiro atoms. The molecule has 0 heterocycles. The number of ether oxygens (including phenoxy) is 1. The molecule has 0 aromatic heterocycles. The van der Waals surface area contributed by atoms with E-state index in [0.29, 0.717) is 19.6 Å². The zero-order valence-electron chi connectivity index (χ0n) is 12.2. The molecular formula is C13H18ClN3O4. The van der Waals surface area contributed by atoms with E-state index in [1.165, 1.54) is 24.1 Å². The summed E-state index contributed by atoms with van der Waals surface area (Å²) in [6, 6.07) is 2.66. The van der Waals surface area contributed by atoms with Crippen molar-refractivity contribution in [1.29, 1.82) is 0 Å². The Morgan fingerprint density at radius 2 is 2.19 bits per heavy atom. The Hall–Kier alpha value is -1.86. The lowest BCUT2D eigenvalue weighted by atomic mass is 10.1. The third-order valence-corrected chi connectivity index (χ3v) is 3.25. The molecule has 1 N–H and O–H groups in total. The van der Waals surface area contributed by atoms with E-state index in [4.69, 9.17) is 16.3 Å². The molecule has 8 heteroatoms. The number of rotatable bonds is 7. The maximum Gasteiger partial charge on any atom is 0.294 e. The molecule has 0 aliphatic carbocycles. The second-order valence-electron chi connectivity index (χ2n) is 4.43. The van der Waals surface area contributed by atoms with E-state index >= 15 is 0 Å². The number of carbonyl (C=O) groups excluding carboxylic acids is 1. The summed E-state index contributed by atoms with van der Waals surface area (Å²) >= 11 is 6.00. The van der Waals surface area contributed by atoms with Crippen molar-refractivity contribution in [3.05, 3.63) is 32.8 Å². The van der Waals surface area contributed by atoms with Crippen LogP contribution < -0.4 is 5.32 Å². The highest BCUT2D eigenvalue weighted by Crippen LogP contribution is 2.33. The lowest BCUT2D eigenvalue weighted by Gasteiger charge is -2.17. The van der Waals surface area contributed by atoms with Gasteiger partial charge in [0.25, 0.3) is 11.6 Å². The van der Waals surface area contributed by atoms with E-state index in [1.807, 2.05) is 0 Å². The minimum atomic E-state index is -0.570. The molecule has 21 heavy (non-hydrogen) atoms. The number of anilines is 1. The highest BCUT2D eigenvalue weighted by atomic mass is 35.5.